The number of imidazole rings is 1. The van der Waals surface area contributed by atoms with Crippen LogP contribution in [0, 0.1) is 0 Å². The summed E-state index contributed by atoms with van der Waals surface area (Å²) in [6, 6.07) is 4.01. The lowest BCUT2D eigenvalue weighted by atomic mass is 10.1. The highest BCUT2D eigenvalue weighted by atomic mass is 15.1. The molecule has 5 nitrogen and oxygen atoms in total. The average molecular weight is 267 g/mol. The predicted octanol–water partition coefficient (Wildman–Crippen LogP) is 2.74. The molecule has 0 aliphatic rings. The van der Waals surface area contributed by atoms with Crippen molar-refractivity contribution in [2.24, 2.45) is 0 Å². The normalized spacial score (nSPS) is 10.8. The first-order valence-electron chi connectivity index (χ1n) is 6.83. The molecule has 5 heteroatoms. The third-order valence-electron chi connectivity index (χ3n) is 3.23. The summed E-state index contributed by atoms with van der Waals surface area (Å²) in [5, 5.41) is 7.27. The first-order chi connectivity index (χ1) is 9.86. The number of aromatic amines is 2. The van der Waals surface area contributed by atoms with Crippen molar-refractivity contribution in [2.45, 2.75) is 26.2 Å². The summed E-state index contributed by atoms with van der Waals surface area (Å²) in [7, 11) is 0. The van der Waals surface area contributed by atoms with Crippen molar-refractivity contribution >= 4 is 0 Å². The molecule has 3 aromatic heterocycles. The molecule has 0 fully saturated rings. The summed E-state index contributed by atoms with van der Waals surface area (Å²) in [6.07, 6.45) is 10.3. The van der Waals surface area contributed by atoms with Crippen molar-refractivity contribution in [2.75, 3.05) is 0 Å². The Morgan fingerprint density at radius 1 is 1.15 bits per heavy atom. The Labute approximate surface area is 117 Å². The van der Waals surface area contributed by atoms with Gasteiger partial charge in [-0.2, -0.15) is 5.10 Å². The van der Waals surface area contributed by atoms with Crippen LogP contribution in [0.1, 0.15) is 30.3 Å². The lowest BCUT2D eigenvalue weighted by Gasteiger charge is -2.00. The molecule has 0 atom stereocenters. The summed E-state index contributed by atoms with van der Waals surface area (Å²) < 4.78 is 0. The molecule has 0 aromatic carbocycles. The maximum absolute atomic E-state index is 4.62. The summed E-state index contributed by atoms with van der Waals surface area (Å²) in [5.74, 6) is 0.881. The molecule has 0 spiro atoms. The van der Waals surface area contributed by atoms with E-state index in [4.69, 9.17) is 0 Å². The number of nitrogens with one attached hydrogen (secondary N) is 2. The lowest BCUT2D eigenvalue weighted by Crippen LogP contribution is -1.93. The Balaban J connectivity index is 1.85. The molecule has 0 amide bonds. The molecular weight excluding hydrogens is 250 g/mol. The zero-order valence-corrected chi connectivity index (χ0v) is 11.4. The van der Waals surface area contributed by atoms with Crippen molar-refractivity contribution in [3.63, 3.8) is 0 Å². The van der Waals surface area contributed by atoms with E-state index >= 15 is 0 Å². The van der Waals surface area contributed by atoms with Gasteiger partial charge in [-0.15, -0.1) is 0 Å². The van der Waals surface area contributed by atoms with Crippen LogP contribution < -0.4 is 0 Å². The van der Waals surface area contributed by atoms with E-state index < -0.39 is 0 Å². The molecule has 3 aromatic rings. The van der Waals surface area contributed by atoms with E-state index in [1.807, 2.05) is 24.5 Å². The van der Waals surface area contributed by atoms with Crippen LogP contribution in [0.15, 0.2) is 36.9 Å². The van der Waals surface area contributed by atoms with Crippen molar-refractivity contribution in [3.8, 4) is 11.4 Å². The molecule has 2 N–H and O–H groups in total. The van der Waals surface area contributed by atoms with Crippen LogP contribution in [0.25, 0.3) is 11.4 Å². The maximum atomic E-state index is 4.62. The van der Waals surface area contributed by atoms with Crippen molar-refractivity contribution in [1.82, 2.24) is 25.1 Å². The smallest absolute Gasteiger partial charge is 0.141 e. The number of pyridine rings is 1. The number of hydrogen-bond acceptors (Lipinski definition) is 3. The number of nitrogens with zero attached hydrogens (tertiary/aromatic N) is 3. The number of aryl methyl sites for hydroxylation is 1. The lowest BCUT2D eigenvalue weighted by molar-refractivity contribution is 0.893. The molecule has 3 heterocycles. The summed E-state index contributed by atoms with van der Waals surface area (Å²) in [4.78, 5) is 11.9. The Bertz CT molecular complexity index is 668. The van der Waals surface area contributed by atoms with E-state index in [0.717, 1.165) is 42.0 Å². The minimum absolute atomic E-state index is 0.769. The summed E-state index contributed by atoms with van der Waals surface area (Å²) >= 11 is 0. The van der Waals surface area contributed by atoms with Crippen LogP contribution in [-0.4, -0.2) is 25.1 Å². The summed E-state index contributed by atoms with van der Waals surface area (Å²) in [5.41, 5.74) is 4.31. The minimum atomic E-state index is 0.769. The first-order valence-corrected chi connectivity index (χ1v) is 6.83. The number of hydrogen-bond donors (Lipinski definition) is 2. The molecule has 0 radical (unpaired) electrons. The van der Waals surface area contributed by atoms with Crippen LogP contribution in [0.4, 0.5) is 0 Å². The van der Waals surface area contributed by atoms with Gasteiger partial charge >= 0.3 is 0 Å². The standard InChI is InChI=1S/C15H17N5/c1-2-3-12-9-17-15(19-12)13-10-18-20-14(13)8-11-4-6-16-7-5-11/h4-7,9-10H,2-3,8H2,1H3,(H,17,19)(H,18,20). The average Bonchev–Trinajstić information content (AvgIpc) is 3.09. The number of H-pyrrole nitrogens is 2. The molecular formula is C15H17N5. The number of aromatic nitrogens is 5. The van der Waals surface area contributed by atoms with Crippen molar-refractivity contribution < 1.29 is 0 Å². The Kier molecular flexibility index (Phi) is 3.58. The van der Waals surface area contributed by atoms with Gasteiger partial charge in [-0.25, -0.2) is 4.98 Å². The van der Waals surface area contributed by atoms with Gasteiger partial charge in [-0.1, -0.05) is 13.3 Å². The Morgan fingerprint density at radius 2 is 2.00 bits per heavy atom. The third-order valence-corrected chi connectivity index (χ3v) is 3.23. The Hall–Kier alpha value is -2.43. The highest BCUT2D eigenvalue weighted by Crippen LogP contribution is 2.21. The Morgan fingerprint density at radius 3 is 2.80 bits per heavy atom. The van der Waals surface area contributed by atoms with Gasteiger partial charge in [-0.3, -0.25) is 10.1 Å². The fourth-order valence-corrected chi connectivity index (χ4v) is 2.23. The molecule has 0 saturated heterocycles. The summed E-state index contributed by atoms with van der Waals surface area (Å²) in [6.45, 7) is 2.15. The molecule has 20 heavy (non-hydrogen) atoms. The van der Waals surface area contributed by atoms with E-state index in [0.29, 0.717) is 0 Å². The molecule has 3 rings (SSSR count). The molecule has 0 bridgehead atoms. The van der Waals surface area contributed by atoms with Crippen LogP contribution in [-0.2, 0) is 12.8 Å². The van der Waals surface area contributed by atoms with Gasteiger partial charge in [0, 0.05) is 31.2 Å². The van der Waals surface area contributed by atoms with Crippen LogP contribution in [0.2, 0.25) is 0 Å². The van der Waals surface area contributed by atoms with Gasteiger partial charge in [0.05, 0.1) is 17.0 Å². The van der Waals surface area contributed by atoms with Gasteiger partial charge in [0.25, 0.3) is 0 Å². The van der Waals surface area contributed by atoms with Crippen LogP contribution >= 0.6 is 0 Å². The fraction of sp³-hybridized carbons (Fsp3) is 0.267. The largest absolute Gasteiger partial charge is 0.344 e. The van der Waals surface area contributed by atoms with Gasteiger partial charge in [-0.05, 0) is 24.1 Å². The molecule has 0 aliphatic carbocycles. The van der Waals surface area contributed by atoms with Gasteiger partial charge < -0.3 is 4.98 Å². The monoisotopic (exact) mass is 267 g/mol. The highest BCUT2D eigenvalue weighted by molar-refractivity contribution is 5.58. The second-order valence-electron chi connectivity index (χ2n) is 4.77. The van der Waals surface area contributed by atoms with Crippen molar-refractivity contribution in [1.29, 1.82) is 0 Å². The number of rotatable bonds is 5. The van der Waals surface area contributed by atoms with E-state index in [1.165, 1.54) is 5.56 Å². The van der Waals surface area contributed by atoms with E-state index in [-0.39, 0.29) is 0 Å². The zero-order valence-electron chi connectivity index (χ0n) is 11.4. The van der Waals surface area contributed by atoms with Gasteiger partial charge in [0.2, 0.25) is 0 Å². The zero-order chi connectivity index (χ0) is 13.8. The first kappa shape index (κ1) is 12.6. The molecule has 0 aliphatic heterocycles. The molecule has 0 saturated carbocycles. The van der Waals surface area contributed by atoms with Gasteiger partial charge in [0.15, 0.2) is 0 Å². The highest BCUT2D eigenvalue weighted by Gasteiger charge is 2.12. The molecule has 0 unspecified atom stereocenters. The van der Waals surface area contributed by atoms with Gasteiger partial charge in [0.1, 0.15) is 5.82 Å². The molecule has 102 valence electrons. The van der Waals surface area contributed by atoms with Crippen LogP contribution in [0.5, 0.6) is 0 Å². The third kappa shape index (κ3) is 2.61. The topological polar surface area (TPSA) is 70.2 Å². The minimum Gasteiger partial charge on any atom is -0.344 e. The van der Waals surface area contributed by atoms with Crippen molar-refractivity contribution in [3.05, 3.63) is 53.9 Å². The maximum Gasteiger partial charge on any atom is 0.141 e. The second kappa shape index (κ2) is 5.69. The van der Waals surface area contributed by atoms with E-state index in [1.54, 1.807) is 12.4 Å². The SMILES string of the molecule is CCCc1c[nH]c(-c2c[nH]nc2Cc2ccncc2)n1. The predicted molar refractivity (Wildman–Crippen MR) is 77.2 cm³/mol. The van der Waals surface area contributed by atoms with E-state index in [9.17, 15) is 0 Å². The second-order valence-corrected chi connectivity index (χ2v) is 4.77. The van der Waals surface area contributed by atoms with Crippen LogP contribution in [0.3, 0.4) is 0 Å². The van der Waals surface area contributed by atoms with E-state index in [2.05, 4.69) is 32.1 Å². The fourth-order valence-electron chi connectivity index (χ4n) is 2.23. The quantitative estimate of drug-likeness (QED) is 0.746.